The van der Waals surface area contributed by atoms with Gasteiger partial charge in [-0.1, -0.05) is 11.6 Å². The predicted octanol–water partition coefficient (Wildman–Crippen LogP) is 4.81. The quantitative estimate of drug-likeness (QED) is 0.561. The highest BCUT2D eigenvalue weighted by Crippen LogP contribution is 2.31. The van der Waals surface area contributed by atoms with Crippen molar-refractivity contribution >= 4 is 44.7 Å². The minimum absolute atomic E-state index is 0.0518. The molecule has 0 spiro atoms. The standard InChI is InChI=1S/C11H4BrClF3NOS/c12-8-4-2-6(19-8)9(18)5-1-3-7(11(14,15)16)17-10(5)13/h1-4H. The summed E-state index contributed by atoms with van der Waals surface area (Å²) in [4.78, 5) is 15.6. The van der Waals surface area contributed by atoms with Crippen molar-refractivity contribution in [3.63, 3.8) is 0 Å². The number of alkyl halides is 3. The van der Waals surface area contributed by atoms with E-state index in [1.54, 1.807) is 12.1 Å². The molecule has 0 atom stereocenters. The molecule has 0 fully saturated rings. The van der Waals surface area contributed by atoms with Gasteiger partial charge in [-0.15, -0.1) is 11.3 Å². The molecule has 0 unspecified atom stereocenters. The lowest BCUT2D eigenvalue weighted by atomic mass is 10.1. The number of hydrogen-bond donors (Lipinski definition) is 0. The van der Waals surface area contributed by atoms with Gasteiger partial charge in [-0.05, 0) is 40.2 Å². The van der Waals surface area contributed by atoms with Crippen LogP contribution < -0.4 is 0 Å². The van der Waals surface area contributed by atoms with Gasteiger partial charge in [-0.25, -0.2) is 4.98 Å². The third-order valence-electron chi connectivity index (χ3n) is 2.18. The lowest BCUT2D eigenvalue weighted by molar-refractivity contribution is -0.141. The van der Waals surface area contributed by atoms with E-state index in [0.717, 1.165) is 15.9 Å². The first kappa shape index (κ1) is 14.5. The van der Waals surface area contributed by atoms with E-state index in [9.17, 15) is 18.0 Å². The predicted molar refractivity (Wildman–Crippen MR) is 69.7 cm³/mol. The first-order valence-electron chi connectivity index (χ1n) is 4.83. The molecular formula is C11H4BrClF3NOS. The Morgan fingerprint density at radius 3 is 2.42 bits per heavy atom. The van der Waals surface area contributed by atoms with Crippen molar-refractivity contribution in [3.05, 3.63) is 49.3 Å². The maximum atomic E-state index is 12.4. The fourth-order valence-corrected chi connectivity index (χ4v) is 2.91. The Balaban J connectivity index is 2.39. The van der Waals surface area contributed by atoms with E-state index >= 15 is 0 Å². The second kappa shape index (κ2) is 5.22. The molecular weight excluding hydrogens is 367 g/mol. The first-order chi connectivity index (χ1) is 8.79. The lowest BCUT2D eigenvalue weighted by Crippen LogP contribution is -2.10. The van der Waals surface area contributed by atoms with Crippen molar-refractivity contribution in [2.45, 2.75) is 6.18 Å². The molecule has 19 heavy (non-hydrogen) atoms. The summed E-state index contributed by atoms with van der Waals surface area (Å²) in [6.07, 6.45) is -4.59. The van der Waals surface area contributed by atoms with Crippen molar-refractivity contribution in [1.82, 2.24) is 4.98 Å². The van der Waals surface area contributed by atoms with Gasteiger partial charge in [0.25, 0.3) is 0 Å². The van der Waals surface area contributed by atoms with Crippen LogP contribution in [0.4, 0.5) is 13.2 Å². The molecule has 8 heteroatoms. The summed E-state index contributed by atoms with van der Waals surface area (Å²) in [6.45, 7) is 0. The number of aromatic nitrogens is 1. The van der Waals surface area contributed by atoms with Crippen molar-refractivity contribution < 1.29 is 18.0 Å². The lowest BCUT2D eigenvalue weighted by Gasteiger charge is -2.07. The number of halogens is 5. The normalized spacial score (nSPS) is 11.6. The average molecular weight is 371 g/mol. The molecule has 0 saturated carbocycles. The Labute approximate surface area is 123 Å². The van der Waals surface area contributed by atoms with Crippen LogP contribution in [0, 0.1) is 0 Å². The number of rotatable bonds is 2. The van der Waals surface area contributed by atoms with Crippen LogP contribution in [0.2, 0.25) is 5.15 Å². The van der Waals surface area contributed by atoms with E-state index in [2.05, 4.69) is 20.9 Å². The molecule has 0 aliphatic heterocycles. The second-order valence-electron chi connectivity index (χ2n) is 3.47. The molecule has 2 aromatic heterocycles. The fraction of sp³-hybridized carbons (Fsp3) is 0.0909. The third-order valence-corrected chi connectivity index (χ3v) is 4.09. The van der Waals surface area contributed by atoms with E-state index in [1.807, 2.05) is 0 Å². The van der Waals surface area contributed by atoms with Gasteiger partial charge >= 0.3 is 6.18 Å². The molecule has 0 aliphatic rings. The van der Waals surface area contributed by atoms with Crippen LogP contribution in [0.25, 0.3) is 0 Å². The van der Waals surface area contributed by atoms with Crippen LogP contribution in [0.15, 0.2) is 28.1 Å². The number of carbonyl (C=O) groups is 1. The van der Waals surface area contributed by atoms with Gasteiger partial charge in [0, 0.05) is 0 Å². The maximum absolute atomic E-state index is 12.4. The number of thiophene rings is 1. The number of nitrogens with zero attached hydrogens (tertiary/aromatic N) is 1. The molecule has 2 heterocycles. The Hall–Kier alpha value is -0.920. The largest absolute Gasteiger partial charge is 0.433 e. The van der Waals surface area contributed by atoms with Crippen molar-refractivity contribution in [1.29, 1.82) is 0 Å². The van der Waals surface area contributed by atoms with Crippen molar-refractivity contribution in [2.24, 2.45) is 0 Å². The first-order valence-corrected chi connectivity index (χ1v) is 6.81. The zero-order chi connectivity index (χ0) is 14.2. The summed E-state index contributed by atoms with van der Waals surface area (Å²) >= 11 is 10.0. The summed E-state index contributed by atoms with van der Waals surface area (Å²) in [5.41, 5.74) is -1.18. The highest BCUT2D eigenvalue weighted by molar-refractivity contribution is 9.11. The van der Waals surface area contributed by atoms with Crippen LogP contribution in [0.1, 0.15) is 20.9 Å². The molecule has 0 bridgehead atoms. The smallest absolute Gasteiger partial charge is 0.288 e. The van der Waals surface area contributed by atoms with Crippen molar-refractivity contribution in [2.75, 3.05) is 0 Å². The Kier molecular flexibility index (Phi) is 3.98. The van der Waals surface area contributed by atoms with Gasteiger partial charge in [-0.2, -0.15) is 13.2 Å². The summed E-state index contributed by atoms with van der Waals surface area (Å²) < 4.78 is 38.0. The van der Waals surface area contributed by atoms with Crippen LogP contribution in [0.5, 0.6) is 0 Å². The van der Waals surface area contributed by atoms with Gasteiger partial charge in [0.15, 0.2) is 0 Å². The number of ketones is 1. The number of carbonyl (C=O) groups excluding carboxylic acids is 1. The molecule has 0 N–H and O–H groups in total. The number of hydrogen-bond acceptors (Lipinski definition) is 3. The van der Waals surface area contributed by atoms with Gasteiger partial charge in [-0.3, -0.25) is 4.79 Å². The highest BCUT2D eigenvalue weighted by Gasteiger charge is 2.33. The zero-order valence-electron chi connectivity index (χ0n) is 8.96. The van der Waals surface area contributed by atoms with Crippen LogP contribution >= 0.6 is 38.9 Å². The fourth-order valence-electron chi connectivity index (χ4n) is 1.33. The SMILES string of the molecule is O=C(c1ccc(Br)s1)c1ccc(C(F)(F)F)nc1Cl. The van der Waals surface area contributed by atoms with E-state index in [1.165, 1.54) is 11.3 Å². The maximum Gasteiger partial charge on any atom is 0.433 e. The van der Waals surface area contributed by atoms with Gasteiger partial charge in [0.1, 0.15) is 10.8 Å². The monoisotopic (exact) mass is 369 g/mol. The molecule has 0 amide bonds. The minimum atomic E-state index is -4.59. The van der Waals surface area contributed by atoms with E-state index in [4.69, 9.17) is 11.6 Å². The summed E-state index contributed by atoms with van der Waals surface area (Å²) in [5.74, 6) is -0.457. The Bertz CT molecular complexity index is 641. The molecule has 100 valence electrons. The summed E-state index contributed by atoms with van der Waals surface area (Å²) in [6, 6.07) is 5.00. The molecule has 2 rings (SSSR count). The molecule has 0 saturated heterocycles. The molecule has 2 nitrogen and oxygen atoms in total. The van der Waals surface area contributed by atoms with Crippen LogP contribution in [-0.4, -0.2) is 10.8 Å². The Morgan fingerprint density at radius 1 is 1.26 bits per heavy atom. The summed E-state index contributed by atoms with van der Waals surface area (Å²) in [7, 11) is 0. The highest BCUT2D eigenvalue weighted by atomic mass is 79.9. The number of pyridine rings is 1. The third kappa shape index (κ3) is 3.16. The molecule has 0 aliphatic carbocycles. The van der Waals surface area contributed by atoms with Gasteiger partial charge < -0.3 is 0 Å². The van der Waals surface area contributed by atoms with E-state index < -0.39 is 22.8 Å². The molecule has 0 radical (unpaired) electrons. The Morgan fingerprint density at radius 2 is 1.95 bits per heavy atom. The summed E-state index contributed by atoms with van der Waals surface area (Å²) in [5, 5.41) is -0.454. The molecule has 0 aromatic carbocycles. The molecule has 2 aromatic rings. The van der Waals surface area contributed by atoms with Crippen LogP contribution in [-0.2, 0) is 6.18 Å². The van der Waals surface area contributed by atoms with Gasteiger partial charge in [0.05, 0.1) is 14.2 Å². The minimum Gasteiger partial charge on any atom is -0.288 e. The van der Waals surface area contributed by atoms with Gasteiger partial charge in [0.2, 0.25) is 5.78 Å². The van der Waals surface area contributed by atoms with Crippen molar-refractivity contribution in [3.8, 4) is 0 Å². The average Bonchev–Trinajstić information content (AvgIpc) is 2.73. The van der Waals surface area contributed by atoms with Crippen LogP contribution in [0.3, 0.4) is 0 Å². The van der Waals surface area contributed by atoms with E-state index in [-0.39, 0.29) is 5.56 Å². The topological polar surface area (TPSA) is 30.0 Å². The van der Waals surface area contributed by atoms with E-state index in [0.29, 0.717) is 4.88 Å². The second-order valence-corrected chi connectivity index (χ2v) is 6.29. The zero-order valence-corrected chi connectivity index (χ0v) is 12.1.